The van der Waals surface area contributed by atoms with E-state index in [0.717, 1.165) is 11.1 Å². The van der Waals surface area contributed by atoms with E-state index in [1.165, 1.54) is 0 Å². The number of carbonyl (C=O) groups is 2. The summed E-state index contributed by atoms with van der Waals surface area (Å²) in [6.45, 7) is 5.68. The number of nitrogens with one attached hydrogen (secondary N) is 2. The van der Waals surface area contributed by atoms with E-state index in [1.54, 1.807) is 6.92 Å². The lowest BCUT2D eigenvalue weighted by Crippen LogP contribution is -2.36. The Balaban J connectivity index is 2.54. The first-order valence-electron chi connectivity index (χ1n) is 6.24. The first kappa shape index (κ1) is 15.2. The van der Waals surface area contributed by atoms with Crippen LogP contribution in [0.2, 0.25) is 0 Å². The summed E-state index contributed by atoms with van der Waals surface area (Å²) >= 11 is 0. The number of aryl methyl sites for hydroxylation is 2. The maximum Gasteiger partial charge on any atom is 0.313 e. The second kappa shape index (κ2) is 6.89. The van der Waals surface area contributed by atoms with Gasteiger partial charge in [-0.1, -0.05) is 12.1 Å². The van der Waals surface area contributed by atoms with E-state index in [4.69, 9.17) is 5.11 Å². The van der Waals surface area contributed by atoms with Gasteiger partial charge in [-0.25, -0.2) is 0 Å². The molecule has 0 aliphatic heterocycles. The molecule has 0 spiro atoms. The lowest BCUT2D eigenvalue weighted by Gasteiger charge is -2.10. The second-order valence-electron chi connectivity index (χ2n) is 4.67. The summed E-state index contributed by atoms with van der Waals surface area (Å²) in [7, 11) is 0. The predicted octanol–water partition coefficient (Wildman–Crippen LogP) is 1.13. The number of anilines is 1. The molecule has 0 saturated carbocycles. The van der Waals surface area contributed by atoms with Crippen molar-refractivity contribution in [1.82, 2.24) is 5.32 Å². The average molecular weight is 264 g/mol. The molecule has 1 atom stereocenters. The van der Waals surface area contributed by atoms with Gasteiger partial charge in [0, 0.05) is 12.2 Å². The molecule has 0 aliphatic carbocycles. The van der Waals surface area contributed by atoms with Crippen molar-refractivity contribution in [3.63, 3.8) is 0 Å². The Morgan fingerprint density at radius 1 is 1.26 bits per heavy atom. The average Bonchev–Trinajstić information content (AvgIpc) is 2.33. The lowest BCUT2D eigenvalue weighted by atomic mass is 10.1. The third-order valence-electron chi connectivity index (χ3n) is 2.70. The van der Waals surface area contributed by atoms with Crippen molar-refractivity contribution in [1.29, 1.82) is 0 Å². The molecular weight excluding hydrogens is 244 g/mol. The van der Waals surface area contributed by atoms with E-state index in [2.05, 4.69) is 10.6 Å². The SMILES string of the molecule is Cc1ccc(C)c(NC(=O)C(=O)NCCC(C)O)c1. The fourth-order valence-corrected chi connectivity index (χ4v) is 1.52. The van der Waals surface area contributed by atoms with Crippen LogP contribution < -0.4 is 10.6 Å². The minimum absolute atomic E-state index is 0.275. The predicted molar refractivity (Wildman–Crippen MR) is 73.9 cm³/mol. The number of aliphatic hydroxyl groups is 1. The van der Waals surface area contributed by atoms with Crippen LogP contribution in [0.25, 0.3) is 0 Å². The van der Waals surface area contributed by atoms with E-state index in [9.17, 15) is 9.59 Å². The van der Waals surface area contributed by atoms with Crippen LogP contribution in [0.4, 0.5) is 5.69 Å². The number of rotatable bonds is 4. The van der Waals surface area contributed by atoms with E-state index in [1.807, 2.05) is 32.0 Å². The maximum absolute atomic E-state index is 11.7. The molecule has 0 bridgehead atoms. The lowest BCUT2D eigenvalue weighted by molar-refractivity contribution is -0.136. The number of benzene rings is 1. The second-order valence-corrected chi connectivity index (χ2v) is 4.67. The van der Waals surface area contributed by atoms with Crippen LogP contribution in [0.3, 0.4) is 0 Å². The first-order chi connectivity index (χ1) is 8.90. The minimum Gasteiger partial charge on any atom is -0.393 e. The van der Waals surface area contributed by atoms with Crippen LogP contribution in [-0.4, -0.2) is 29.6 Å². The molecule has 0 aliphatic rings. The summed E-state index contributed by atoms with van der Waals surface area (Å²) in [6, 6.07) is 5.64. The molecular formula is C14H20N2O3. The monoisotopic (exact) mass is 264 g/mol. The zero-order chi connectivity index (χ0) is 14.4. The molecule has 104 valence electrons. The topological polar surface area (TPSA) is 78.4 Å². The van der Waals surface area contributed by atoms with Gasteiger partial charge in [-0.05, 0) is 44.4 Å². The fourth-order valence-electron chi connectivity index (χ4n) is 1.52. The van der Waals surface area contributed by atoms with Crippen LogP contribution in [-0.2, 0) is 9.59 Å². The molecule has 3 N–H and O–H groups in total. The zero-order valence-electron chi connectivity index (χ0n) is 11.5. The molecule has 0 heterocycles. The number of aliphatic hydroxyl groups excluding tert-OH is 1. The standard InChI is InChI=1S/C14H20N2O3/c1-9-4-5-10(2)12(8-9)16-14(19)13(18)15-7-6-11(3)17/h4-5,8,11,17H,6-7H2,1-3H3,(H,15,18)(H,16,19). The van der Waals surface area contributed by atoms with E-state index in [-0.39, 0.29) is 6.54 Å². The number of amides is 2. The normalized spacial score (nSPS) is 11.8. The summed E-state index contributed by atoms with van der Waals surface area (Å²) in [5, 5.41) is 14.1. The molecule has 19 heavy (non-hydrogen) atoms. The number of carbonyl (C=O) groups excluding carboxylic acids is 2. The third-order valence-corrected chi connectivity index (χ3v) is 2.70. The van der Waals surface area contributed by atoms with Gasteiger partial charge in [0.15, 0.2) is 0 Å². The van der Waals surface area contributed by atoms with Crippen LogP contribution >= 0.6 is 0 Å². The van der Waals surface area contributed by atoms with Crippen molar-refractivity contribution < 1.29 is 14.7 Å². The Labute approximate surface area is 113 Å². The third kappa shape index (κ3) is 5.09. The van der Waals surface area contributed by atoms with Crippen molar-refractivity contribution in [2.24, 2.45) is 0 Å². The summed E-state index contributed by atoms with van der Waals surface area (Å²) in [4.78, 5) is 23.2. The number of hydrogen-bond acceptors (Lipinski definition) is 3. The highest BCUT2D eigenvalue weighted by atomic mass is 16.3. The summed E-state index contributed by atoms with van der Waals surface area (Å²) in [5.74, 6) is -1.39. The molecule has 5 nitrogen and oxygen atoms in total. The van der Waals surface area contributed by atoms with Crippen molar-refractivity contribution in [3.8, 4) is 0 Å². The minimum atomic E-state index is -0.695. The van der Waals surface area contributed by atoms with Crippen molar-refractivity contribution in [2.75, 3.05) is 11.9 Å². The summed E-state index contributed by atoms with van der Waals surface area (Å²) in [6.07, 6.45) is -0.0787. The molecule has 1 aromatic carbocycles. The first-order valence-corrected chi connectivity index (χ1v) is 6.24. The molecule has 0 saturated heterocycles. The van der Waals surface area contributed by atoms with Crippen LogP contribution in [0.5, 0.6) is 0 Å². The summed E-state index contributed by atoms with van der Waals surface area (Å²) in [5.41, 5.74) is 2.54. The fraction of sp³-hybridized carbons (Fsp3) is 0.429. The molecule has 1 unspecified atom stereocenters. The molecule has 1 rings (SSSR count). The van der Waals surface area contributed by atoms with Crippen LogP contribution in [0.15, 0.2) is 18.2 Å². The highest BCUT2D eigenvalue weighted by Crippen LogP contribution is 2.15. The van der Waals surface area contributed by atoms with Gasteiger partial charge in [0.1, 0.15) is 0 Å². The van der Waals surface area contributed by atoms with E-state index in [0.29, 0.717) is 12.1 Å². The van der Waals surface area contributed by atoms with Crippen molar-refractivity contribution >= 4 is 17.5 Å². The zero-order valence-corrected chi connectivity index (χ0v) is 11.5. The van der Waals surface area contributed by atoms with Gasteiger partial charge in [-0.15, -0.1) is 0 Å². The molecule has 1 aromatic rings. The molecule has 0 aromatic heterocycles. The van der Waals surface area contributed by atoms with Crippen LogP contribution in [0.1, 0.15) is 24.5 Å². The summed E-state index contributed by atoms with van der Waals surface area (Å²) < 4.78 is 0. The Morgan fingerprint density at radius 3 is 2.58 bits per heavy atom. The highest BCUT2D eigenvalue weighted by molar-refractivity contribution is 6.39. The molecule has 2 amide bonds. The van der Waals surface area contributed by atoms with Crippen molar-refractivity contribution in [3.05, 3.63) is 29.3 Å². The van der Waals surface area contributed by atoms with Gasteiger partial charge in [-0.3, -0.25) is 9.59 Å². The largest absolute Gasteiger partial charge is 0.393 e. The van der Waals surface area contributed by atoms with Gasteiger partial charge < -0.3 is 15.7 Å². The van der Waals surface area contributed by atoms with Gasteiger partial charge in [-0.2, -0.15) is 0 Å². The molecule has 0 radical (unpaired) electrons. The van der Waals surface area contributed by atoms with E-state index < -0.39 is 17.9 Å². The Bertz CT molecular complexity index is 470. The quantitative estimate of drug-likeness (QED) is 0.713. The van der Waals surface area contributed by atoms with Gasteiger partial charge >= 0.3 is 11.8 Å². The van der Waals surface area contributed by atoms with Gasteiger partial charge in [0.25, 0.3) is 0 Å². The number of hydrogen-bond donors (Lipinski definition) is 3. The highest BCUT2D eigenvalue weighted by Gasteiger charge is 2.14. The Kier molecular flexibility index (Phi) is 5.51. The Hall–Kier alpha value is -1.88. The van der Waals surface area contributed by atoms with E-state index >= 15 is 0 Å². The molecule has 5 heteroatoms. The maximum atomic E-state index is 11.7. The smallest absolute Gasteiger partial charge is 0.313 e. The van der Waals surface area contributed by atoms with Crippen molar-refractivity contribution in [2.45, 2.75) is 33.3 Å². The van der Waals surface area contributed by atoms with Gasteiger partial charge in [0.05, 0.1) is 6.10 Å². The molecule has 0 fully saturated rings. The Morgan fingerprint density at radius 2 is 1.95 bits per heavy atom. The van der Waals surface area contributed by atoms with Crippen LogP contribution in [0, 0.1) is 13.8 Å². The van der Waals surface area contributed by atoms with Gasteiger partial charge in [0.2, 0.25) is 0 Å².